The summed E-state index contributed by atoms with van der Waals surface area (Å²) in [6.07, 6.45) is 0. The Balaban J connectivity index is 3.40. The average molecular weight is 299 g/mol. The van der Waals surface area contributed by atoms with Crippen LogP contribution in [0.15, 0.2) is 16.6 Å². The number of hydrogen-bond acceptors (Lipinski definition) is 1. The zero-order valence-electron chi connectivity index (χ0n) is 5.14. The van der Waals surface area contributed by atoms with Gasteiger partial charge in [-0.1, -0.05) is 0 Å². The topological polar surface area (TPSA) is 17.1 Å². The molecule has 0 radical (unpaired) electrons. The number of halogens is 3. The third-order valence-corrected chi connectivity index (χ3v) is 3.63. The number of hydrogen-bond donors (Lipinski definition) is 0. The van der Waals surface area contributed by atoms with Crippen LogP contribution in [0.2, 0.25) is 5.02 Å². The summed E-state index contributed by atoms with van der Waals surface area (Å²) in [5.74, 6) is -0.521. The Hall–Kier alpha value is 0.278. The van der Waals surface area contributed by atoms with Gasteiger partial charge in [-0.05, 0) is 0 Å². The standard InChI is InChI=1S/C6H2AsBrClFO/c8-3-1-2-4(9)5(7-11)6(3)10/h1-2H. The van der Waals surface area contributed by atoms with Crippen molar-refractivity contribution in [3.8, 4) is 0 Å². The third-order valence-electron chi connectivity index (χ3n) is 1.11. The first-order valence-electron chi connectivity index (χ1n) is 2.63. The average Bonchev–Trinajstić information content (AvgIpc) is 1.99. The van der Waals surface area contributed by atoms with Crippen molar-refractivity contribution in [3.05, 3.63) is 27.4 Å². The summed E-state index contributed by atoms with van der Waals surface area (Å²) in [4.78, 5) is 0. The van der Waals surface area contributed by atoms with E-state index in [4.69, 9.17) is 11.6 Å². The summed E-state index contributed by atoms with van der Waals surface area (Å²) in [7, 11) is 0. The van der Waals surface area contributed by atoms with E-state index in [9.17, 15) is 8.13 Å². The van der Waals surface area contributed by atoms with Crippen LogP contribution in [0.1, 0.15) is 0 Å². The van der Waals surface area contributed by atoms with Crippen molar-refractivity contribution in [3.63, 3.8) is 0 Å². The minimum absolute atomic E-state index is 0.109. The van der Waals surface area contributed by atoms with Crippen molar-refractivity contribution in [2.45, 2.75) is 0 Å². The van der Waals surface area contributed by atoms with E-state index >= 15 is 0 Å². The Morgan fingerprint density at radius 1 is 1.55 bits per heavy atom. The molecule has 1 nitrogen and oxygen atoms in total. The molecule has 0 aliphatic heterocycles. The summed E-state index contributed by atoms with van der Waals surface area (Å²) < 4.78 is 23.8. The second-order valence-corrected chi connectivity index (χ2v) is 4.37. The molecule has 0 bridgehead atoms. The third kappa shape index (κ3) is 1.90. The Bertz CT molecular complexity index is 305. The maximum atomic E-state index is 13.0. The normalized spacial score (nSPS) is 10.5. The monoisotopic (exact) mass is 298 g/mol. The van der Waals surface area contributed by atoms with Gasteiger partial charge in [0.25, 0.3) is 0 Å². The zero-order valence-corrected chi connectivity index (χ0v) is 9.36. The predicted molar refractivity (Wildman–Crippen MR) is 45.2 cm³/mol. The van der Waals surface area contributed by atoms with Gasteiger partial charge < -0.3 is 0 Å². The molecule has 0 amide bonds. The van der Waals surface area contributed by atoms with Gasteiger partial charge in [-0.2, -0.15) is 0 Å². The molecule has 0 unspecified atom stereocenters. The summed E-state index contributed by atoms with van der Waals surface area (Å²) in [5, 5.41) is 0.223. The van der Waals surface area contributed by atoms with Crippen molar-refractivity contribution < 1.29 is 8.13 Å². The fourth-order valence-corrected chi connectivity index (χ4v) is 2.35. The number of benzene rings is 1. The van der Waals surface area contributed by atoms with E-state index in [1.807, 2.05) is 0 Å². The first kappa shape index (κ1) is 9.37. The molecule has 0 aliphatic carbocycles. The van der Waals surface area contributed by atoms with Crippen LogP contribution in [0.3, 0.4) is 0 Å². The van der Waals surface area contributed by atoms with E-state index < -0.39 is 21.5 Å². The van der Waals surface area contributed by atoms with E-state index in [1.165, 1.54) is 12.1 Å². The fourth-order valence-electron chi connectivity index (χ4n) is 0.600. The molecular formula is C6H2AsBrClFO. The van der Waals surface area contributed by atoms with Crippen LogP contribution in [0.25, 0.3) is 0 Å². The minimum atomic E-state index is -1.40. The van der Waals surface area contributed by atoms with Crippen LogP contribution < -0.4 is 4.35 Å². The second kappa shape index (κ2) is 3.79. The first-order chi connectivity index (χ1) is 5.16. The van der Waals surface area contributed by atoms with Gasteiger partial charge in [0.05, 0.1) is 0 Å². The van der Waals surface area contributed by atoms with Crippen LogP contribution >= 0.6 is 27.5 Å². The molecule has 58 valence electrons. The van der Waals surface area contributed by atoms with Gasteiger partial charge >= 0.3 is 83.1 Å². The molecule has 0 aromatic heterocycles. The van der Waals surface area contributed by atoms with Crippen molar-refractivity contribution in [1.29, 1.82) is 0 Å². The van der Waals surface area contributed by atoms with E-state index in [1.54, 1.807) is 0 Å². The molecule has 0 spiro atoms. The molecule has 0 aliphatic rings. The molecular weight excluding hydrogens is 297 g/mol. The number of rotatable bonds is 1. The molecule has 0 saturated heterocycles. The summed E-state index contributed by atoms with van der Waals surface area (Å²) >= 11 is 7.12. The zero-order chi connectivity index (χ0) is 8.43. The van der Waals surface area contributed by atoms with Crippen LogP contribution in [0.5, 0.6) is 0 Å². The fraction of sp³-hybridized carbons (Fsp3) is 0. The van der Waals surface area contributed by atoms with E-state index in [-0.39, 0.29) is 9.37 Å². The molecule has 1 aromatic rings. The van der Waals surface area contributed by atoms with Gasteiger partial charge in [0, 0.05) is 0 Å². The molecule has 11 heavy (non-hydrogen) atoms. The Morgan fingerprint density at radius 2 is 2.18 bits per heavy atom. The predicted octanol–water partition coefficient (Wildman–Crippen LogP) is 1.92. The van der Waals surface area contributed by atoms with E-state index in [0.717, 1.165) is 0 Å². The van der Waals surface area contributed by atoms with Gasteiger partial charge in [-0.15, -0.1) is 0 Å². The Kier molecular flexibility index (Phi) is 3.23. The Morgan fingerprint density at radius 3 is 2.64 bits per heavy atom. The van der Waals surface area contributed by atoms with Crippen LogP contribution in [-0.4, -0.2) is 15.7 Å². The van der Waals surface area contributed by atoms with Gasteiger partial charge in [0.1, 0.15) is 0 Å². The van der Waals surface area contributed by atoms with Gasteiger partial charge in [-0.3, -0.25) is 0 Å². The molecule has 0 fully saturated rings. The second-order valence-electron chi connectivity index (χ2n) is 1.78. The Labute approximate surface area is 83.0 Å². The van der Waals surface area contributed by atoms with Crippen LogP contribution in [-0.2, 0) is 3.74 Å². The molecule has 0 heterocycles. The van der Waals surface area contributed by atoms with E-state index in [0.29, 0.717) is 4.47 Å². The van der Waals surface area contributed by atoms with Crippen molar-refractivity contribution in [2.75, 3.05) is 0 Å². The molecule has 0 N–H and O–H groups in total. The van der Waals surface area contributed by atoms with Crippen molar-refractivity contribution in [2.24, 2.45) is 0 Å². The van der Waals surface area contributed by atoms with Crippen LogP contribution in [0, 0.1) is 5.82 Å². The quantitative estimate of drug-likeness (QED) is 0.572. The first-order valence-corrected chi connectivity index (χ1v) is 5.51. The summed E-state index contributed by atoms with van der Waals surface area (Å²) in [6.45, 7) is 0. The summed E-state index contributed by atoms with van der Waals surface area (Å²) in [6, 6.07) is 3.00. The van der Waals surface area contributed by atoms with Crippen LogP contribution in [0.4, 0.5) is 4.39 Å². The molecule has 0 atom stereocenters. The van der Waals surface area contributed by atoms with Crippen molar-refractivity contribution >= 4 is 47.6 Å². The molecule has 0 saturated carbocycles. The molecule has 1 rings (SSSR count). The van der Waals surface area contributed by atoms with Gasteiger partial charge in [-0.25, -0.2) is 0 Å². The van der Waals surface area contributed by atoms with Crippen molar-refractivity contribution in [1.82, 2.24) is 0 Å². The SMILES string of the molecule is O=[As]c1c(Cl)ccc(Br)c1F. The molecule has 5 heteroatoms. The summed E-state index contributed by atoms with van der Waals surface area (Å²) in [5.41, 5.74) is 0. The van der Waals surface area contributed by atoms with E-state index in [2.05, 4.69) is 15.9 Å². The molecule has 1 aromatic carbocycles. The van der Waals surface area contributed by atoms with Gasteiger partial charge in [0.15, 0.2) is 0 Å². The maximum absolute atomic E-state index is 13.0. The van der Waals surface area contributed by atoms with Gasteiger partial charge in [0.2, 0.25) is 0 Å².